The van der Waals surface area contributed by atoms with Crippen LogP contribution in [-0.2, 0) is 6.42 Å². The van der Waals surface area contributed by atoms with Gasteiger partial charge in [0.05, 0.1) is 0 Å². The van der Waals surface area contributed by atoms with Gasteiger partial charge < -0.3 is 0 Å². The van der Waals surface area contributed by atoms with E-state index >= 15 is 0 Å². The van der Waals surface area contributed by atoms with E-state index in [2.05, 4.69) is 36.7 Å². The fraction of sp³-hybridized carbons (Fsp3) is 0.688. The molecule has 1 aromatic rings. The Morgan fingerprint density at radius 1 is 1.18 bits per heavy atom. The fourth-order valence-corrected chi connectivity index (χ4v) is 3.11. The molecule has 0 amide bonds. The van der Waals surface area contributed by atoms with Crippen LogP contribution in [0.15, 0.2) is 18.3 Å². The van der Waals surface area contributed by atoms with Crippen LogP contribution in [0.3, 0.4) is 0 Å². The van der Waals surface area contributed by atoms with Crippen LogP contribution in [-0.4, -0.2) is 0 Å². The highest BCUT2D eigenvalue weighted by Gasteiger charge is 2.24. The Balaban J connectivity index is 2.25. The van der Waals surface area contributed by atoms with Gasteiger partial charge in [0, 0.05) is 30.9 Å². The van der Waals surface area contributed by atoms with Crippen LogP contribution in [0.4, 0.5) is 0 Å². The van der Waals surface area contributed by atoms with Crippen molar-refractivity contribution in [2.24, 2.45) is 0 Å². The van der Waals surface area contributed by atoms with Crippen LogP contribution in [0.1, 0.15) is 69.2 Å². The third-order valence-electron chi connectivity index (χ3n) is 4.06. The molecule has 1 heterocycles. The Hall–Kier alpha value is -0.850. The van der Waals surface area contributed by atoms with Gasteiger partial charge in [0.2, 0.25) is 0 Å². The zero-order valence-electron chi connectivity index (χ0n) is 11.4. The first-order chi connectivity index (χ1) is 8.33. The Kier molecular flexibility index (Phi) is 4.58. The van der Waals surface area contributed by atoms with E-state index in [4.69, 9.17) is 0 Å². The van der Waals surface area contributed by atoms with Crippen molar-refractivity contribution >= 4 is 0 Å². The first-order valence-electron chi connectivity index (χ1n) is 7.32. The summed E-state index contributed by atoms with van der Waals surface area (Å²) in [6.07, 6.45) is 13.2. The molecule has 0 saturated heterocycles. The summed E-state index contributed by atoms with van der Waals surface area (Å²) in [5.74, 6) is 0. The van der Waals surface area contributed by atoms with Crippen molar-refractivity contribution in [1.29, 1.82) is 0 Å². The maximum absolute atomic E-state index is 2.59. The van der Waals surface area contributed by atoms with Gasteiger partial charge in [-0.3, -0.25) is 0 Å². The highest BCUT2D eigenvalue weighted by Crippen LogP contribution is 2.24. The van der Waals surface area contributed by atoms with Gasteiger partial charge in [-0.05, 0) is 32.3 Å². The molecule has 0 radical (unpaired) electrons. The third kappa shape index (κ3) is 3.08. The minimum absolute atomic E-state index is 0.763. The van der Waals surface area contributed by atoms with E-state index in [1.54, 1.807) is 5.69 Å². The van der Waals surface area contributed by atoms with Gasteiger partial charge in [-0.2, -0.15) is 4.57 Å². The molecule has 0 N–H and O–H groups in total. The van der Waals surface area contributed by atoms with Gasteiger partial charge >= 0.3 is 0 Å². The van der Waals surface area contributed by atoms with E-state index in [1.807, 2.05) is 0 Å². The highest BCUT2D eigenvalue weighted by molar-refractivity contribution is 5.13. The first kappa shape index (κ1) is 12.6. The topological polar surface area (TPSA) is 3.88 Å². The van der Waals surface area contributed by atoms with Crippen LogP contribution in [0.25, 0.3) is 0 Å². The first-order valence-corrected chi connectivity index (χ1v) is 7.32. The molecule has 0 bridgehead atoms. The highest BCUT2D eigenvalue weighted by atomic mass is 15.0. The summed E-state index contributed by atoms with van der Waals surface area (Å²) in [5, 5.41) is 0. The number of hydrogen-bond acceptors (Lipinski definition) is 0. The van der Waals surface area contributed by atoms with E-state index in [-0.39, 0.29) is 0 Å². The number of nitrogens with zero attached hydrogens (tertiary/aromatic N) is 1. The zero-order valence-corrected chi connectivity index (χ0v) is 11.4. The molecule has 1 fully saturated rings. The molecule has 1 aliphatic carbocycles. The predicted molar refractivity (Wildman–Crippen MR) is 72.1 cm³/mol. The second-order valence-corrected chi connectivity index (χ2v) is 5.44. The van der Waals surface area contributed by atoms with Gasteiger partial charge in [-0.25, -0.2) is 0 Å². The molecule has 1 aliphatic rings. The molecule has 1 nitrogen and oxygen atoms in total. The monoisotopic (exact) mass is 232 g/mol. The molecule has 1 heteroatoms. The smallest absolute Gasteiger partial charge is 0.184 e. The van der Waals surface area contributed by atoms with E-state index in [0.29, 0.717) is 0 Å². The molecule has 0 aliphatic heterocycles. The normalized spacial score (nSPS) is 18.0. The van der Waals surface area contributed by atoms with Crippen molar-refractivity contribution in [2.75, 3.05) is 0 Å². The second-order valence-electron chi connectivity index (χ2n) is 5.44. The molecule has 0 unspecified atom stereocenters. The standard InChI is InChI=1S/C16H26N/c1-3-9-16-14(2)10-8-13-17(16)15-11-6-4-5-7-12-15/h8,10,13,15H,3-7,9,11-12H2,1-2H3/q+1. The summed E-state index contributed by atoms with van der Waals surface area (Å²) in [7, 11) is 0. The van der Waals surface area contributed by atoms with Gasteiger partial charge in [-0.1, -0.05) is 19.8 Å². The molecular formula is C16H26N+. The summed E-state index contributed by atoms with van der Waals surface area (Å²) in [5.41, 5.74) is 3.04. The van der Waals surface area contributed by atoms with E-state index < -0.39 is 0 Å². The van der Waals surface area contributed by atoms with Crippen LogP contribution in [0.5, 0.6) is 0 Å². The summed E-state index contributed by atoms with van der Waals surface area (Å²) in [4.78, 5) is 0. The van der Waals surface area contributed by atoms with Crippen molar-refractivity contribution in [3.05, 3.63) is 29.6 Å². The largest absolute Gasteiger partial charge is 0.200 e. The predicted octanol–water partition coefficient (Wildman–Crippen LogP) is 4.13. The molecule has 1 saturated carbocycles. The van der Waals surface area contributed by atoms with Crippen LogP contribution in [0.2, 0.25) is 0 Å². The minimum Gasteiger partial charge on any atom is -0.200 e. The van der Waals surface area contributed by atoms with Crippen molar-refractivity contribution in [2.45, 2.75) is 71.3 Å². The SMILES string of the molecule is CCCc1c(C)ccc[n+]1C1CCCCCC1. The van der Waals surface area contributed by atoms with Crippen molar-refractivity contribution in [1.82, 2.24) is 0 Å². The Bertz CT molecular complexity index is 349. The lowest BCUT2D eigenvalue weighted by Crippen LogP contribution is -2.43. The lowest BCUT2D eigenvalue weighted by Gasteiger charge is -2.14. The molecule has 0 spiro atoms. The third-order valence-corrected chi connectivity index (χ3v) is 4.06. The van der Waals surface area contributed by atoms with E-state index in [0.717, 1.165) is 6.04 Å². The number of hydrogen-bond donors (Lipinski definition) is 0. The van der Waals surface area contributed by atoms with Crippen molar-refractivity contribution in [3.8, 4) is 0 Å². The Morgan fingerprint density at radius 3 is 2.53 bits per heavy atom. The molecule has 0 aromatic carbocycles. The molecule has 17 heavy (non-hydrogen) atoms. The molecule has 1 aromatic heterocycles. The zero-order chi connectivity index (χ0) is 12.1. The quantitative estimate of drug-likeness (QED) is 0.545. The molecular weight excluding hydrogens is 206 g/mol. The molecule has 2 rings (SSSR count). The lowest BCUT2D eigenvalue weighted by atomic mass is 10.0. The average molecular weight is 232 g/mol. The maximum atomic E-state index is 2.59. The summed E-state index contributed by atoms with van der Waals surface area (Å²) >= 11 is 0. The van der Waals surface area contributed by atoms with Crippen LogP contribution < -0.4 is 4.57 Å². The number of pyridine rings is 1. The lowest BCUT2D eigenvalue weighted by molar-refractivity contribution is -0.731. The van der Waals surface area contributed by atoms with Gasteiger partial charge in [-0.15, -0.1) is 0 Å². The Labute approximate surface area is 106 Å². The summed E-state index contributed by atoms with van der Waals surface area (Å²) in [6.45, 7) is 4.54. The summed E-state index contributed by atoms with van der Waals surface area (Å²) in [6, 6.07) is 5.25. The number of aromatic nitrogens is 1. The average Bonchev–Trinajstić information content (AvgIpc) is 2.60. The van der Waals surface area contributed by atoms with Crippen LogP contribution >= 0.6 is 0 Å². The molecule has 94 valence electrons. The number of rotatable bonds is 3. The second kappa shape index (κ2) is 6.18. The molecule has 0 atom stereocenters. The van der Waals surface area contributed by atoms with Crippen LogP contribution in [0, 0.1) is 6.92 Å². The maximum Gasteiger partial charge on any atom is 0.184 e. The Morgan fingerprint density at radius 2 is 1.88 bits per heavy atom. The minimum atomic E-state index is 0.763. The fourth-order valence-electron chi connectivity index (χ4n) is 3.11. The van der Waals surface area contributed by atoms with Gasteiger partial charge in [0.15, 0.2) is 17.9 Å². The van der Waals surface area contributed by atoms with E-state index in [9.17, 15) is 0 Å². The van der Waals surface area contributed by atoms with Gasteiger partial charge in [0.1, 0.15) is 0 Å². The number of aryl methyl sites for hydroxylation is 1. The van der Waals surface area contributed by atoms with E-state index in [1.165, 1.54) is 56.9 Å². The summed E-state index contributed by atoms with van der Waals surface area (Å²) < 4.78 is 2.59. The van der Waals surface area contributed by atoms with Crippen molar-refractivity contribution < 1.29 is 4.57 Å². The van der Waals surface area contributed by atoms with Crippen molar-refractivity contribution in [3.63, 3.8) is 0 Å². The van der Waals surface area contributed by atoms with Gasteiger partial charge in [0.25, 0.3) is 0 Å².